The van der Waals surface area contributed by atoms with Crippen molar-refractivity contribution in [3.63, 3.8) is 0 Å². The number of nitrogens with zero attached hydrogens (tertiary/aromatic N) is 1. The van der Waals surface area contributed by atoms with Crippen LogP contribution in [0, 0.1) is 29.6 Å². The highest BCUT2D eigenvalue weighted by Gasteiger charge is 2.66. The Morgan fingerprint density at radius 1 is 0.897 bits per heavy atom. The number of rotatable bonds is 2. The summed E-state index contributed by atoms with van der Waals surface area (Å²) in [5, 5.41) is 9.65. The SMILES string of the molecule is O=C(CC1CCC2(CC1)OOC1(O2)C2CC3CC(C2)CC1C3)N1CCC(O)CC1. The van der Waals surface area contributed by atoms with Gasteiger partial charge in [0, 0.05) is 44.2 Å². The quantitative estimate of drug-likeness (QED) is 0.714. The molecule has 7 rings (SSSR count). The largest absolute Gasteiger partial charge is 0.393 e. The summed E-state index contributed by atoms with van der Waals surface area (Å²) >= 11 is 0. The van der Waals surface area contributed by atoms with Gasteiger partial charge in [-0.3, -0.25) is 4.79 Å². The Morgan fingerprint density at radius 3 is 2.14 bits per heavy atom. The molecule has 7 aliphatic rings. The number of amides is 1. The standard InChI is InChI=1S/C23H35NO5/c25-20-3-7-24(8-4-20)21(26)14-15-1-5-22(6-2-15)27-23(29-28-22)18-10-16-9-17(12-18)13-19(23)11-16/h15-20,25H,1-14H2. The van der Waals surface area contributed by atoms with Crippen LogP contribution < -0.4 is 0 Å². The van der Waals surface area contributed by atoms with Crippen molar-refractivity contribution in [2.75, 3.05) is 13.1 Å². The number of likely N-dealkylation sites (tertiary alicyclic amines) is 1. The first kappa shape index (κ1) is 19.0. The van der Waals surface area contributed by atoms with Gasteiger partial charge in [-0.1, -0.05) is 0 Å². The molecule has 7 fully saturated rings. The Kier molecular flexibility index (Phi) is 4.53. The maximum Gasteiger partial charge on any atom is 0.222 e. The number of hydrogen-bond acceptors (Lipinski definition) is 5. The van der Waals surface area contributed by atoms with Gasteiger partial charge in [0.1, 0.15) is 0 Å². The van der Waals surface area contributed by atoms with E-state index in [9.17, 15) is 9.90 Å². The molecule has 0 atom stereocenters. The second kappa shape index (κ2) is 6.91. The molecule has 5 saturated carbocycles. The summed E-state index contributed by atoms with van der Waals surface area (Å²) in [4.78, 5) is 26.7. The van der Waals surface area contributed by atoms with E-state index in [1.165, 1.54) is 32.1 Å². The predicted molar refractivity (Wildman–Crippen MR) is 104 cm³/mol. The molecule has 6 heteroatoms. The normalized spacial score (nSPS) is 49.4. The first-order valence-corrected chi connectivity index (χ1v) is 12.1. The molecule has 2 saturated heterocycles. The molecule has 1 N–H and O–H groups in total. The third-order valence-electron chi connectivity index (χ3n) is 9.09. The minimum absolute atomic E-state index is 0.234. The van der Waals surface area contributed by atoms with Gasteiger partial charge in [-0.05, 0) is 75.5 Å². The van der Waals surface area contributed by atoms with Gasteiger partial charge in [0.15, 0.2) is 0 Å². The van der Waals surface area contributed by atoms with Crippen molar-refractivity contribution in [2.24, 2.45) is 29.6 Å². The molecule has 1 amide bonds. The van der Waals surface area contributed by atoms with E-state index >= 15 is 0 Å². The van der Waals surface area contributed by atoms with Crippen molar-refractivity contribution >= 4 is 5.91 Å². The Bertz CT molecular complexity index is 622. The summed E-state index contributed by atoms with van der Waals surface area (Å²) in [7, 11) is 0. The first-order chi connectivity index (χ1) is 14.0. The average molecular weight is 406 g/mol. The molecule has 2 aliphatic heterocycles. The third-order valence-corrected chi connectivity index (χ3v) is 9.09. The van der Waals surface area contributed by atoms with Crippen molar-refractivity contribution < 1.29 is 24.4 Å². The zero-order valence-electron chi connectivity index (χ0n) is 17.4. The maximum absolute atomic E-state index is 12.7. The van der Waals surface area contributed by atoms with E-state index < -0.39 is 11.6 Å². The molecule has 0 unspecified atom stereocenters. The monoisotopic (exact) mass is 405 g/mol. The highest BCUT2D eigenvalue weighted by Crippen LogP contribution is 2.63. The van der Waals surface area contributed by atoms with Crippen LogP contribution in [0.3, 0.4) is 0 Å². The highest BCUT2D eigenvalue weighted by atomic mass is 17.3. The second-order valence-electron chi connectivity index (χ2n) is 11.0. The number of hydrogen-bond donors (Lipinski definition) is 1. The van der Waals surface area contributed by atoms with Crippen LogP contribution in [-0.4, -0.2) is 46.7 Å². The number of piperidine rings is 1. The molecule has 0 aromatic rings. The van der Waals surface area contributed by atoms with Crippen LogP contribution in [0.25, 0.3) is 0 Å². The highest BCUT2D eigenvalue weighted by molar-refractivity contribution is 5.76. The fraction of sp³-hybridized carbons (Fsp3) is 0.957. The summed E-state index contributed by atoms with van der Waals surface area (Å²) < 4.78 is 6.77. The summed E-state index contributed by atoms with van der Waals surface area (Å²) in [5.41, 5.74) is 0. The van der Waals surface area contributed by atoms with E-state index in [-0.39, 0.29) is 12.0 Å². The van der Waals surface area contributed by atoms with Gasteiger partial charge < -0.3 is 14.7 Å². The molecule has 6 nitrogen and oxygen atoms in total. The fourth-order valence-corrected chi connectivity index (χ4v) is 7.61. The molecular formula is C23H35NO5. The number of ether oxygens (including phenoxy) is 1. The van der Waals surface area contributed by atoms with Crippen LogP contribution in [0.15, 0.2) is 0 Å². The Hall–Kier alpha value is -0.690. The predicted octanol–water partition coefficient (Wildman–Crippen LogP) is 3.38. The second-order valence-corrected chi connectivity index (χ2v) is 11.0. The lowest BCUT2D eigenvalue weighted by atomic mass is 9.53. The van der Waals surface area contributed by atoms with Crippen LogP contribution in [-0.2, 0) is 19.3 Å². The van der Waals surface area contributed by atoms with Crippen molar-refractivity contribution in [3.8, 4) is 0 Å². The first-order valence-electron chi connectivity index (χ1n) is 12.1. The molecule has 0 aromatic carbocycles. The molecule has 2 heterocycles. The molecule has 29 heavy (non-hydrogen) atoms. The Balaban J connectivity index is 1.06. The number of aliphatic hydroxyl groups is 1. The van der Waals surface area contributed by atoms with E-state index in [0.717, 1.165) is 37.5 Å². The molecular weight excluding hydrogens is 370 g/mol. The lowest BCUT2D eigenvalue weighted by molar-refractivity contribution is -0.390. The third kappa shape index (κ3) is 3.17. The van der Waals surface area contributed by atoms with Gasteiger partial charge in [0.25, 0.3) is 0 Å². The van der Waals surface area contributed by atoms with E-state index in [0.29, 0.717) is 50.1 Å². The van der Waals surface area contributed by atoms with Gasteiger partial charge in [0.05, 0.1) is 6.10 Å². The average Bonchev–Trinajstić information content (AvgIpc) is 3.08. The van der Waals surface area contributed by atoms with E-state index in [2.05, 4.69) is 0 Å². The van der Waals surface area contributed by atoms with Gasteiger partial charge >= 0.3 is 0 Å². The zero-order valence-corrected chi connectivity index (χ0v) is 17.4. The zero-order chi connectivity index (χ0) is 19.6. The Morgan fingerprint density at radius 2 is 1.52 bits per heavy atom. The van der Waals surface area contributed by atoms with E-state index in [1.54, 1.807) is 0 Å². The summed E-state index contributed by atoms with van der Waals surface area (Å²) in [6, 6.07) is 0. The van der Waals surface area contributed by atoms with Crippen molar-refractivity contribution in [2.45, 2.75) is 94.7 Å². The van der Waals surface area contributed by atoms with Gasteiger partial charge in [-0.2, -0.15) is 9.78 Å². The Labute approximate surface area is 173 Å². The fourth-order valence-electron chi connectivity index (χ4n) is 7.61. The van der Waals surface area contributed by atoms with Crippen LogP contribution >= 0.6 is 0 Å². The van der Waals surface area contributed by atoms with E-state index in [1.807, 2.05) is 4.90 Å². The summed E-state index contributed by atoms with van der Waals surface area (Å²) in [5.74, 6) is 2.37. The van der Waals surface area contributed by atoms with Crippen LogP contribution in [0.2, 0.25) is 0 Å². The van der Waals surface area contributed by atoms with Gasteiger partial charge in [0.2, 0.25) is 17.5 Å². The van der Waals surface area contributed by atoms with Crippen molar-refractivity contribution in [3.05, 3.63) is 0 Å². The molecule has 5 aliphatic carbocycles. The molecule has 2 spiro atoms. The van der Waals surface area contributed by atoms with Crippen LogP contribution in [0.1, 0.15) is 77.0 Å². The lowest BCUT2D eigenvalue weighted by Gasteiger charge is -2.57. The molecule has 4 bridgehead atoms. The number of carbonyl (C=O) groups is 1. The number of aliphatic hydroxyl groups excluding tert-OH is 1. The topological polar surface area (TPSA) is 68.2 Å². The molecule has 0 radical (unpaired) electrons. The minimum atomic E-state index is -0.579. The molecule has 0 aromatic heterocycles. The number of carbonyl (C=O) groups excluding carboxylic acids is 1. The van der Waals surface area contributed by atoms with Gasteiger partial charge in [-0.15, -0.1) is 0 Å². The lowest BCUT2D eigenvalue weighted by Crippen LogP contribution is -2.59. The van der Waals surface area contributed by atoms with Crippen molar-refractivity contribution in [1.82, 2.24) is 4.90 Å². The smallest absolute Gasteiger partial charge is 0.222 e. The van der Waals surface area contributed by atoms with E-state index in [4.69, 9.17) is 14.5 Å². The van der Waals surface area contributed by atoms with Crippen LogP contribution in [0.5, 0.6) is 0 Å². The summed E-state index contributed by atoms with van der Waals surface area (Å²) in [6.45, 7) is 1.40. The van der Waals surface area contributed by atoms with Crippen molar-refractivity contribution in [1.29, 1.82) is 0 Å². The molecule has 162 valence electrons. The van der Waals surface area contributed by atoms with Crippen LogP contribution in [0.4, 0.5) is 0 Å². The minimum Gasteiger partial charge on any atom is -0.393 e. The maximum atomic E-state index is 12.7. The van der Waals surface area contributed by atoms with Gasteiger partial charge in [-0.25, -0.2) is 0 Å². The summed E-state index contributed by atoms with van der Waals surface area (Å²) in [6.07, 6.45) is 11.8.